The van der Waals surface area contributed by atoms with Gasteiger partial charge in [-0.05, 0) is 38.5 Å². The number of nitrogens with one attached hydrogen (secondary N) is 4. The zero-order chi connectivity index (χ0) is 31.4. The molecular weight excluding hydrogens is 606 g/mol. The number of nitrogens with zero attached hydrogens (tertiary/aromatic N) is 1. The molecular formula is C26H41N5O10S2. The third-order valence-corrected chi connectivity index (χ3v) is 10.1. The van der Waals surface area contributed by atoms with Crippen LogP contribution in [0.15, 0.2) is 0 Å². The second kappa shape index (κ2) is 16.8. The fraction of sp³-hybridized carbons (Fsp3) is 0.769. The van der Waals surface area contributed by atoms with Crippen LogP contribution in [0.1, 0.15) is 83.5 Å². The molecule has 0 aliphatic carbocycles. The van der Waals surface area contributed by atoms with Crippen LogP contribution in [0.3, 0.4) is 0 Å². The second-order valence-electron chi connectivity index (χ2n) is 10.9. The van der Waals surface area contributed by atoms with Gasteiger partial charge in [0.1, 0.15) is 0 Å². The summed E-state index contributed by atoms with van der Waals surface area (Å²) in [6.45, 7) is 0.999. The molecule has 0 spiro atoms. The lowest BCUT2D eigenvalue weighted by Crippen LogP contribution is -2.36. The van der Waals surface area contributed by atoms with Gasteiger partial charge in [-0.25, -0.2) is 9.59 Å². The van der Waals surface area contributed by atoms with Crippen molar-refractivity contribution in [3.63, 3.8) is 0 Å². The van der Waals surface area contributed by atoms with Gasteiger partial charge in [0.25, 0.3) is 21.9 Å². The molecule has 5 N–H and O–H groups in total. The highest BCUT2D eigenvalue weighted by atomic mass is 32.2. The molecule has 4 atom stereocenters. The second-order valence-corrected chi connectivity index (χ2v) is 13.8. The highest BCUT2D eigenvalue weighted by Crippen LogP contribution is 2.33. The number of imide groups is 1. The first-order chi connectivity index (χ1) is 20.5. The van der Waals surface area contributed by atoms with Gasteiger partial charge in [-0.2, -0.15) is 20.2 Å². The summed E-state index contributed by atoms with van der Waals surface area (Å²) in [5.41, 5.74) is 0. The lowest BCUT2D eigenvalue weighted by molar-refractivity contribution is -0.197. The highest BCUT2D eigenvalue weighted by Gasteiger charge is 2.48. The van der Waals surface area contributed by atoms with Crippen molar-refractivity contribution in [2.75, 3.05) is 18.8 Å². The summed E-state index contributed by atoms with van der Waals surface area (Å²) in [4.78, 5) is 75.6. The summed E-state index contributed by atoms with van der Waals surface area (Å²) in [5.74, 6) is -2.32. The Morgan fingerprint density at radius 1 is 0.884 bits per heavy atom. The Morgan fingerprint density at radius 3 is 2.09 bits per heavy atom. The van der Waals surface area contributed by atoms with E-state index in [1.165, 1.54) is 0 Å². The van der Waals surface area contributed by atoms with Crippen molar-refractivity contribution in [2.45, 2.75) is 106 Å². The molecule has 0 unspecified atom stereocenters. The summed E-state index contributed by atoms with van der Waals surface area (Å²) in [6, 6.07) is 0.323. The van der Waals surface area contributed by atoms with E-state index in [1.807, 2.05) is 11.8 Å². The van der Waals surface area contributed by atoms with Crippen molar-refractivity contribution in [1.82, 2.24) is 26.3 Å². The number of amides is 6. The average molecular weight is 648 g/mol. The van der Waals surface area contributed by atoms with E-state index in [0.717, 1.165) is 37.9 Å². The van der Waals surface area contributed by atoms with Gasteiger partial charge in [-0.3, -0.25) is 23.7 Å². The molecule has 0 aromatic carbocycles. The SMILES string of the molecule is O=C(CCCCCNC(=O)CCCC[C@H]1SC[C@H]2NC(=O)N[C@H]21)NCCCCCC(=O)ON1C(=O)C[C@H](S(=O)(=O)O)C1=O. The third-order valence-electron chi connectivity index (χ3n) is 7.48. The van der Waals surface area contributed by atoms with Crippen LogP contribution in [0.25, 0.3) is 0 Å². The molecule has 3 heterocycles. The van der Waals surface area contributed by atoms with E-state index >= 15 is 0 Å². The highest BCUT2D eigenvalue weighted by molar-refractivity contribution is 8.00. The minimum atomic E-state index is -4.77. The van der Waals surface area contributed by atoms with E-state index in [1.54, 1.807) is 0 Å². The quantitative estimate of drug-likeness (QED) is 0.0564. The zero-order valence-electron chi connectivity index (χ0n) is 24.0. The van der Waals surface area contributed by atoms with Gasteiger partial charge in [0.2, 0.25) is 11.8 Å². The maximum absolute atomic E-state index is 12.1. The van der Waals surface area contributed by atoms with Crippen LogP contribution in [0.4, 0.5) is 4.79 Å². The monoisotopic (exact) mass is 647 g/mol. The number of urea groups is 1. The van der Waals surface area contributed by atoms with Gasteiger partial charge in [0, 0.05) is 43.4 Å². The molecule has 43 heavy (non-hydrogen) atoms. The molecule has 3 aliphatic heterocycles. The first-order valence-corrected chi connectivity index (χ1v) is 17.3. The number of thioether (sulfide) groups is 1. The van der Waals surface area contributed by atoms with Crippen molar-refractivity contribution in [3.8, 4) is 0 Å². The number of rotatable bonds is 19. The maximum Gasteiger partial charge on any atom is 0.333 e. The smallest absolute Gasteiger partial charge is 0.333 e. The molecule has 3 saturated heterocycles. The number of fused-ring (bicyclic) bond motifs is 1. The van der Waals surface area contributed by atoms with Crippen molar-refractivity contribution in [3.05, 3.63) is 0 Å². The van der Waals surface area contributed by atoms with Crippen LogP contribution in [0.2, 0.25) is 0 Å². The molecule has 0 aromatic rings. The van der Waals surface area contributed by atoms with Gasteiger partial charge in [-0.15, -0.1) is 5.06 Å². The Morgan fingerprint density at radius 2 is 1.49 bits per heavy atom. The molecule has 242 valence electrons. The normalized spacial score (nSPS) is 23.1. The van der Waals surface area contributed by atoms with Crippen LogP contribution >= 0.6 is 11.8 Å². The van der Waals surface area contributed by atoms with Crippen molar-refractivity contribution >= 4 is 57.5 Å². The van der Waals surface area contributed by atoms with Crippen LogP contribution in [0, 0.1) is 0 Å². The number of carbonyl (C=O) groups is 6. The Labute approximate surface area is 255 Å². The van der Waals surface area contributed by atoms with E-state index in [-0.39, 0.29) is 41.4 Å². The number of unbranched alkanes of at least 4 members (excludes halogenated alkanes) is 5. The van der Waals surface area contributed by atoms with E-state index in [2.05, 4.69) is 26.1 Å². The largest absolute Gasteiger partial charge is 0.356 e. The van der Waals surface area contributed by atoms with E-state index < -0.39 is 39.6 Å². The molecule has 6 amide bonds. The van der Waals surface area contributed by atoms with Crippen LogP contribution in [0.5, 0.6) is 0 Å². The molecule has 0 saturated carbocycles. The van der Waals surface area contributed by atoms with Crippen molar-refractivity contribution in [2.24, 2.45) is 0 Å². The van der Waals surface area contributed by atoms with E-state index in [4.69, 9.17) is 4.55 Å². The maximum atomic E-state index is 12.1. The Bertz CT molecular complexity index is 1150. The third kappa shape index (κ3) is 11.3. The van der Waals surface area contributed by atoms with Gasteiger partial charge in [0.15, 0.2) is 5.25 Å². The summed E-state index contributed by atoms with van der Waals surface area (Å²) >= 11 is 1.87. The number of hydroxylamine groups is 2. The van der Waals surface area contributed by atoms with Gasteiger partial charge in [-0.1, -0.05) is 19.3 Å². The summed E-state index contributed by atoms with van der Waals surface area (Å²) < 4.78 is 31.2. The lowest BCUT2D eigenvalue weighted by Gasteiger charge is -2.16. The summed E-state index contributed by atoms with van der Waals surface area (Å²) in [7, 11) is -4.77. The molecule has 0 radical (unpaired) electrons. The molecule has 0 bridgehead atoms. The number of hydrogen-bond acceptors (Lipinski definition) is 10. The van der Waals surface area contributed by atoms with Crippen molar-refractivity contribution in [1.29, 1.82) is 0 Å². The van der Waals surface area contributed by atoms with Crippen LogP contribution < -0.4 is 21.3 Å². The Hall–Kier alpha value is -2.92. The first-order valence-electron chi connectivity index (χ1n) is 14.7. The van der Waals surface area contributed by atoms with E-state index in [9.17, 15) is 37.2 Å². The molecule has 3 aliphatic rings. The fourth-order valence-electron chi connectivity index (χ4n) is 5.12. The van der Waals surface area contributed by atoms with Crippen LogP contribution in [-0.4, -0.2) is 95.1 Å². The van der Waals surface area contributed by atoms with Gasteiger partial charge < -0.3 is 26.1 Å². The van der Waals surface area contributed by atoms with E-state index in [0.29, 0.717) is 56.9 Å². The summed E-state index contributed by atoms with van der Waals surface area (Å²) in [6.07, 6.45) is 6.53. The Kier molecular flexibility index (Phi) is 13.5. The number of carbonyl (C=O) groups excluding carboxylic acids is 6. The molecule has 0 aromatic heterocycles. The van der Waals surface area contributed by atoms with Gasteiger partial charge >= 0.3 is 12.0 Å². The zero-order valence-corrected chi connectivity index (χ0v) is 25.6. The lowest BCUT2D eigenvalue weighted by atomic mass is 10.0. The topological polar surface area (TPSA) is 217 Å². The molecule has 3 fully saturated rings. The number of hydrogen-bond donors (Lipinski definition) is 5. The first kappa shape index (κ1) is 34.6. The minimum absolute atomic E-state index is 0.0302. The standard InChI is InChI=1S/C26H41N5O10S2/c32-20(27-14-8-2-4-12-23(35)41-31-22(34)15-19(25(31)36)43(38,39)40)10-3-1-7-13-28-21(33)11-6-5-9-18-24-17(16-42-18)29-26(37)30-24/h17-19,24H,1-16H2,(H,27,32)(H,28,33)(H2,29,30,37)(H,38,39,40)/t17-,18-,19+,24-/m1/s1. The van der Waals surface area contributed by atoms with Gasteiger partial charge in [0.05, 0.1) is 18.5 Å². The molecule has 3 rings (SSSR count). The minimum Gasteiger partial charge on any atom is -0.356 e. The van der Waals surface area contributed by atoms with Crippen LogP contribution in [-0.2, 0) is 38.9 Å². The molecule has 17 heteroatoms. The average Bonchev–Trinajstić information content (AvgIpc) is 3.58. The molecule has 15 nitrogen and oxygen atoms in total. The Balaban J connectivity index is 1.09. The van der Waals surface area contributed by atoms with Crippen molar-refractivity contribution < 1.29 is 46.6 Å². The summed E-state index contributed by atoms with van der Waals surface area (Å²) in [5, 5.41) is 10.2. The fourth-order valence-corrected chi connectivity index (χ4v) is 7.37. The predicted octanol–water partition coefficient (Wildman–Crippen LogP) is 0.539. The predicted molar refractivity (Wildman–Crippen MR) is 155 cm³/mol.